The number of hydrogen-bond acceptors (Lipinski definition) is 2. The van der Waals surface area contributed by atoms with E-state index in [9.17, 15) is 0 Å². The van der Waals surface area contributed by atoms with Crippen molar-refractivity contribution in [3.05, 3.63) is 51.6 Å². The SMILES string of the molecule is S=c1[nH]c2ccc(Br)cc2n1Cc1ccco1. The summed E-state index contributed by atoms with van der Waals surface area (Å²) in [4.78, 5) is 3.18. The third-order valence-electron chi connectivity index (χ3n) is 2.63. The van der Waals surface area contributed by atoms with Crippen LogP contribution in [0.5, 0.6) is 0 Å². The van der Waals surface area contributed by atoms with Gasteiger partial charge in [0.25, 0.3) is 0 Å². The molecule has 0 spiro atoms. The maximum Gasteiger partial charge on any atom is 0.178 e. The minimum absolute atomic E-state index is 0.641. The highest BCUT2D eigenvalue weighted by Gasteiger charge is 2.06. The van der Waals surface area contributed by atoms with Gasteiger partial charge < -0.3 is 14.0 Å². The normalized spacial score (nSPS) is 11.1. The minimum Gasteiger partial charge on any atom is -0.467 e. The predicted molar refractivity (Wildman–Crippen MR) is 72.6 cm³/mol. The third-order valence-corrected chi connectivity index (χ3v) is 3.45. The summed E-state index contributed by atoms with van der Waals surface area (Å²) in [5, 5.41) is 0. The monoisotopic (exact) mass is 308 g/mol. The Labute approximate surface area is 111 Å². The van der Waals surface area contributed by atoms with E-state index in [4.69, 9.17) is 16.6 Å². The molecule has 0 amide bonds. The maximum atomic E-state index is 5.35. The Kier molecular flexibility index (Phi) is 2.64. The first-order chi connectivity index (χ1) is 8.24. The van der Waals surface area contributed by atoms with Gasteiger partial charge in [0.2, 0.25) is 0 Å². The minimum atomic E-state index is 0.641. The van der Waals surface area contributed by atoms with E-state index in [1.807, 2.05) is 34.9 Å². The summed E-state index contributed by atoms with van der Waals surface area (Å²) in [7, 11) is 0. The largest absolute Gasteiger partial charge is 0.467 e. The molecule has 0 saturated heterocycles. The van der Waals surface area contributed by atoms with Crippen molar-refractivity contribution in [1.82, 2.24) is 9.55 Å². The second-order valence-corrected chi connectivity index (χ2v) is 5.06. The number of fused-ring (bicyclic) bond motifs is 1. The average Bonchev–Trinajstić information content (AvgIpc) is 2.90. The summed E-state index contributed by atoms with van der Waals surface area (Å²) in [5.74, 6) is 0.891. The molecule has 5 heteroatoms. The highest BCUT2D eigenvalue weighted by atomic mass is 79.9. The number of halogens is 1. The standard InChI is InChI=1S/C12H9BrN2OS/c13-8-3-4-10-11(6-8)15(12(17)14-10)7-9-2-1-5-16-9/h1-6H,7H2,(H,14,17). The van der Waals surface area contributed by atoms with Crippen LogP contribution in [0.4, 0.5) is 0 Å². The first kappa shape index (κ1) is 10.8. The summed E-state index contributed by atoms with van der Waals surface area (Å²) >= 11 is 8.79. The van der Waals surface area contributed by atoms with E-state index < -0.39 is 0 Å². The molecule has 0 aliphatic rings. The Morgan fingerprint density at radius 2 is 2.24 bits per heavy atom. The topological polar surface area (TPSA) is 33.9 Å². The summed E-state index contributed by atoms with van der Waals surface area (Å²) in [6, 6.07) is 9.87. The molecule has 1 aromatic carbocycles. The molecule has 0 unspecified atom stereocenters. The molecule has 0 atom stereocenters. The van der Waals surface area contributed by atoms with Gasteiger partial charge in [0.1, 0.15) is 5.76 Å². The van der Waals surface area contributed by atoms with Crippen LogP contribution in [0.2, 0.25) is 0 Å². The molecule has 2 heterocycles. The quantitative estimate of drug-likeness (QED) is 0.723. The van der Waals surface area contributed by atoms with Crippen molar-refractivity contribution in [1.29, 1.82) is 0 Å². The van der Waals surface area contributed by atoms with E-state index >= 15 is 0 Å². The first-order valence-electron chi connectivity index (χ1n) is 5.14. The molecular formula is C12H9BrN2OS. The summed E-state index contributed by atoms with van der Waals surface area (Å²) < 4.78 is 9.11. The Morgan fingerprint density at radius 3 is 3.00 bits per heavy atom. The van der Waals surface area contributed by atoms with Crippen molar-refractivity contribution >= 4 is 39.2 Å². The molecule has 17 heavy (non-hydrogen) atoms. The molecule has 1 N–H and O–H groups in total. The lowest BCUT2D eigenvalue weighted by Gasteiger charge is -2.01. The van der Waals surface area contributed by atoms with Crippen molar-refractivity contribution in [2.24, 2.45) is 0 Å². The Bertz CT molecular complexity index is 712. The van der Waals surface area contributed by atoms with Gasteiger partial charge >= 0.3 is 0 Å². The molecule has 0 aliphatic carbocycles. The molecule has 86 valence electrons. The second-order valence-electron chi connectivity index (χ2n) is 3.76. The molecule has 0 fully saturated rings. The number of aromatic nitrogens is 2. The fourth-order valence-corrected chi connectivity index (χ4v) is 2.46. The lowest BCUT2D eigenvalue weighted by atomic mass is 10.3. The lowest BCUT2D eigenvalue weighted by Crippen LogP contribution is -1.98. The van der Waals surface area contributed by atoms with Crippen LogP contribution in [0.25, 0.3) is 11.0 Å². The van der Waals surface area contributed by atoms with Gasteiger partial charge in [-0.25, -0.2) is 0 Å². The predicted octanol–water partition coefficient (Wildman–Crippen LogP) is 4.10. The van der Waals surface area contributed by atoms with Crippen molar-refractivity contribution in [2.75, 3.05) is 0 Å². The zero-order chi connectivity index (χ0) is 11.8. The van der Waals surface area contributed by atoms with Crippen LogP contribution in [0.15, 0.2) is 45.5 Å². The smallest absolute Gasteiger partial charge is 0.178 e. The Morgan fingerprint density at radius 1 is 1.35 bits per heavy atom. The van der Waals surface area contributed by atoms with Crippen LogP contribution in [0.1, 0.15) is 5.76 Å². The van der Waals surface area contributed by atoms with Gasteiger partial charge in [0, 0.05) is 4.47 Å². The number of imidazole rings is 1. The van der Waals surface area contributed by atoms with Gasteiger partial charge in [-0.15, -0.1) is 0 Å². The zero-order valence-corrected chi connectivity index (χ0v) is 11.2. The van der Waals surface area contributed by atoms with E-state index in [-0.39, 0.29) is 0 Å². The number of benzene rings is 1. The molecule has 3 rings (SSSR count). The number of nitrogens with one attached hydrogen (secondary N) is 1. The number of H-pyrrole nitrogens is 1. The van der Waals surface area contributed by atoms with Gasteiger partial charge in [0.05, 0.1) is 23.8 Å². The van der Waals surface area contributed by atoms with Gasteiger partial charge in [0.15, 0.2) is 4.77 Å². The van der Waals surface area contributed by atoms with Crippen molar-refractivity contribution in [2.45, 2.75) is 6.54 Å². The number of rotatable bonds is 2. The van der Waals surface area contributed by atoms with Gasteiger partial charge in [-0.05, 0) is 42.5 Å². The summed E-state index contributed by atoms with van der Waals surface area (Å²) in [6.07, 6.45) is 1.67. The van der Waals surface area contributed by atoms with Crippen LogP contribution in [-0.4, -0.2) is 9.55 Å². The van der Waals surface area contributed by atoms with Crippen LogP contribution < -0.4 is 0 Å². The van der Waals surface area contributed by atoms with E-state index in [2.05, 4.69) is 20.9 Å². The van der Waals surface area contributed by atoms with Crippen LogP contribution in [0.3, 0.4) is 0 Å². The zero-order valence-electron chi connectivity index (χ0n) is 8.81. The molecular weight excluding hydrogens is 300 g/mol. The number of hydrogen-bond donors (Lipinski definition) is 1. The van der Waals surface area contributed by atoms with Crippen molar-refractivity contribution < 1.29 is 4.42 Å². The van der Waals surface area contributed by atoms with Crippen LogP contribution in [0, 0.1) is 4.77 Å². The maximum absolute atomic E-state index is 5.35. The first-order valence-corrected chi connectivity index (χ1v) is 6.34. The number of furan rings is 1. The fraction of sp³-hybridized carbons (Fsp3) is 0.0833. The van der Waals surface area contributed by atoms with Gasteiger partial charge in [-0.3, -0.25) is 0 Å². The highest BCUT2D eigenvalue weighted by Crippen LogP contribution is 2.20. The second kappa shape index (κ2) is 4.16. The third kappa shape index (κ3) is 1.96. The lowest BCUT2D eigenvalue weighted by molar-refractivity contribution is 0.495. The summed E-state index contributed by atoms with van der Waals surface area (Å²) in [6.45, 7) is 0.641. The number of nitrogens with zero attached hydrogens (tertiary/aromatic N) is 1. The molecule has 0 saturated carbocycles. The molecule has 2 aromatic heterocycles. The van der Waals surface area contributed by atoms with Crippen molar-refractivity contribution in [3.63, 3.8) is 0 Å². The summed E-state index contributed by atoms with van der Waals surface area (Å²) in [5.41, 5.74) is 2.10. The van der Waals surface area contributed by atoms with Crippen LogP contribution >= 0.6 is 28.1 Å². The average molecular weight is 309 g/mol. The van der Waals surface area contributed by atoms with Gasteiger partial charge in [-0.1, -0.05) is 15.9 Å². The van der Waals surface area contributed by atoms with E-state index in [1.54, 1.807) is 6.26 Å². The van der Waals surface area contributed by atoms with Gasteiger partial charge in [-0.2, -0.15) is 0 Å². The Balaban J connectivity index is 2.17. The van der Waals surface area contributed by atoms with Crippen molar-refractivity contribution in [3.8, 4) is 0 Å². The molecule has 0 aliphatic heterocycles. The highest BCUT2D eigenvalue weighted by molar-refractivity contribution is 9.10. The number of aromatic amines is 1. The molecule has 0 radical (unpaired) electrons. The molecule has 3 aromatic rings. The Hall–Kier alpha value is -1.33. The molecule has 0 bridgehead atoms. The van der Waals surface area contributed by atoms with E-state index in [0.717, 1.165) is 21.3 Å². The van der Waals surface area contributed by atoms with E-state index in [0.29, 0.717) is 11.3 Å². The fourth-order valence-electron chi connectivity index (χ4n) is 1.84. The van der Waals surface area contributed by atoms with E-state index in [1.165, 1.54) is 0 Å². The molecule has 3 nitrogen and oxygen atoms in total. The van der Waals surface area contributed by atoms with Crippen LogP contribution in [-0.2, 0) is 6.54 Å².